The van der Waals surface area contributed by atoms with Crippen LogP contribution in [0.2, 0.25) is 5.02 Å². The molecule has 27 heavy (non-hydrogen) atoms. The topological polar surface area (TPSA) is 119 Å². The van der Waals surface area contributed by atoms with Gasteiger partial charge in [0, 0.05) is 22.8 Å². The van der Waals surface area contributed by atoms with Crippen LogP contribution in [0, 0.1) is 10.1 Å². The zero-order valence-corrected chi connectivity index (χ0v) is 15.2. The van der Waals surface area contributed by atoms with Crippen molar-refractivity contribution in [2.24, 2.45) is 0 Å². The van der Waals surface area contributed by atoms with Crippen molar-refractivity contribution in [3.63, 3.8) is 0 Å². The van der Waals surface area contributed by atoms with Gasteiger partial charge in [-0.2, -0.15) is 0 Å². The van der Waals surface area contributed by atoms with E-state index in [0.29, 0.717) is 26.6 Å². The van der Waals surface area contributed by atoms with Crippen LogP contribution in [0.4, 0.5) is 21.3 Å². The maximum atomic E-state index is 11.9. The quantitative estimate of drug-likeness (QED) is 0.465. The van der Waals surface area contributed by atoms with Gasteiger partial charge in [0.05, 0.1) is 4.92 Å². The summed E-state index contributed by atoms with van der Waals surface area (Å²) in [4.78, 5) is 22.1. The molecule has 0 radical (unpaired) electrons. The van der Waals surface area contributed by atoms with Gasteiger partial charge in [-0.05, 0) is 36.4 Å². The Kier molecular flexibility index (Phi) is 5.79. The minimum Gasteiger partial charge on any atom is -0.486 e. The van der Waals surface area contributed by atoms with E-state index in [0.717, 1.165) is 11.3 Å². The fourth-order valence-electron chi connectivity index (χ4n) is 1.96. The molecule has 0 aliphatic carbocycles. The average Bonchev–Trinajstić information content (AvgIpc) is 3.09. The number of amides is 2. The predicted octanol–water partition coefficient (Wildman–Crippen LogP) is 4.32. The fraction of sp³-hybridized carbons (Fsp3) is 0.0625. The van der Waals surface area contributed by atoms with Gasteiger partial charge in [-0.1, -0.05) is 22.9 Å². The second kappa shape index (κ2) is 8.43. The number of anilines is 2. The number of rotatable bonds is 6. The number of nitro benzene ring substituents is 1. The lowest BCUT2D eigenvalue weighted by Crippen LogP contribution is -2.19. The summed E-state index contributed by atoms with van der Waals surface area (Å²) in [6, 6.07) is 11.9. The molecule has 0 aliphatic rings. The van der Waals surface area contributed by atoms with Gasteiger partial charge >= 0.3 is 6.03 Å². The first-order valence-electron chi connectivity index (χ1n) is 7.53. The lowest BCUT2D eigenvalue weighted by Gasteiger charge is -2.04. The number of carbonyl (C=O) groups excluding carboxylic acids is 1. The Balaban J connectivity index is 1.51. The van der Waals surface area contributed by atoms with E-state index >= 15 is 0 Å². The standard InChI is InChI=1S/C16H12ClN5O4S/c17-10-1-3-11(4-2-10)18-15(23)19-16-21-20-14(27-16)9-26-13-7-5-12(6-8-13)22(24)25/h1-8H,9H2,(H2,18,19,21,23). The van der Waals surface area contributed by atoms with Gasteiger partial charge in [0.2, 0.25) is 5.13 Å². The smallest absolute Gasteiger partial charge is 0.325 e. The molecule has 0 fully saturated rings. The molecular formula is C16H12ClN5O4S. The first-order chi connectivity index (χ1) is 13.0. The lowest BCUT2D eigenvalue weighted by molar-refractivity contribution is -0.384. The van der Waals surface area contributed by atoms with Crippen molar-refractivity contribution in [3.05, 3.63) is 68.7 Å². The average molecular weight is 406 g/mol. The van der Waals surface area contributed by atoms with Crippen molar-refractivity contribution >= 4 is 45.5 Å². The Morgan fingerprint density at radius 3 is 2.48 bits per heavy atom. The lowest BCUT2D eigenvalue weighted by atomic mass is 10.3. The van der Waals surface area contributed by atoms with Crippen molar-refractivity contribution in [3.8, 4) is 5.75 Å². The van der Waals surface area contributed by atoms with Crippen molar-refractivity contribution in [1.82, 2.24) is 10.2 Å². The number of benzene rings is 2. The van der Waals surface area contributed by atoms with Gasteiger partial charge in [0.15, 0.2) is 5.01 Å². The van der Waals surface area contributed by atoms with Crippen molar-refractivity contribution < 1.29 is 14.5 Å². The number of halogens is 1. The molecule has 9 nitrogen and oxygen atoms in total. The van der Waals surface area contributed by atoms with Gasteiger partial charge in [-0.3, -0.25) is 15.4 Å². The molecule has 2 amide bonds. The summed E-state index contributed by atoms with van der Waals surface area (Å²) in [6.45, 7) is 0.121. The number of aromatic nitrogens is 2. The van der Waals surface area contributed by atoms with Gasteiger partial charge in [0.1, 0.15) is 12.4 Å². The summed E-state index contributed by atoms with van der Waals surface area (Å²) < 4.78 is 5.50. The van der Waals surface area contributed by atoms with E-state index in [-0.39, 0.29) is 12.3 Å². The highest BCUT2D eigenvalue weighted by molar-refractivity contribution is 7.15. The summed E-state index contributed by atoms with van der Waals surface area (Å²) in [5, 5.41) is 25.0. The van der Waals surface area contributed by atoms with E-state index in [4.69, 9.17) is 16.3 Å². The number of hydrogen-bond acceptors (Lipinski definition) is 7. The Bertz CT molecular complexity index is 946. The molecule has 11 heteroatoms. The molecular weight excluding hydrogens is 394 g/mol. The summed E-state index contributed by atoms with van der Waals surface area (Å²) in [7, 11) is 0. The number of nitrogens with one attached hydrogen (secondary N) is 2. The normalized spacial score (nSPS) is 10.3. The van der Waals surface area contributed by atoms with Crippen LogP contribution in [0.3, 0.4) is 0 Å². The van der Waals surface area contributed by atoms with E-state index in [1.165, 1.54) is 24.3 Å². The summed E-state index contributed by atoms with van der Waals surface area (Å²) in [6.07, 6.45) is 0. The maximum absolute atomic E-state index is 11.9. The molecule has 3 aromatic rings. The van der Waals surface area contributed by atoms with Gasteiger partial charge in [0.25, 0.3) is 5.69 Å². The Hall–Kier alpha value is -3.24. The van der Waals surface area contributed by atoms with Crippen molar-refractivity contribution in [1.29, 1.82) is 0 Å². The number of carbonyl (C=O) groups is 1. The Morgan fingerprint density at radius 1 is 1.11 bits per heavy atom. The van der Waals surface area contributed by atoms with Crippen molar-refractivity contribution in [2.45, 2.75) is 6.61 Å². The number of nitrogens with zero attached hydrogens (tertiary/aromatic N) is 3. The minimum atomic E-state index is -0.485. The first-order valence-corrected chi connectivity index (χ1v) is 8.72. The molecule has 138 valence electrons. The van der Waals surface area contributed by atoms with Crippen LogP contribution in [0.1, 0.15) is 5.01 Å². The van der Waals surface area contributed by atoms with Gasteiger partial charge in [-0.15, -0.1) is 10.2 Å². The second-order valence-corrected chi connectivity index (χ2v) is 6.63. The van der Waals surface area contributed by atoms with Crippen LogP contribution in [0.5, 0.6) is 5.75 Å². The first kappa shape index (κ1) is 18.5. The van der Waals surface area contributed by atoms with E-state index < -0.39 is 11.0 Å². The monoisotopic (exact) mass is 405 g/mol. The summed E-state index contributed by atoms with van der Waals surface area (Å²) in [5.74, 6) is 0.464. The van der Waals surface area contributed by atoms with E-state index in [9.17, 15) is 14.9 Å². The van der Waals surface area contributed by atoms with Crippen molar-refractivity contribution in [2.75, 3.05) is 10.6 Å². The fourth-order valence-corrected chi connectivity index (χ4v) is 2.74. The molecule has 2 N–H and O–H groups in total. The molecule has 3 rings (SSSR count). The predicted molar refractivity (Wildman–Crippen MR) is 101 cm³/mol. The highest BCUT2D eigenvalue weighted by Crippen LogP contribution is 2.21. The maximum Gasteiger partial charge on any atom is 0.325 e. The van der Waals surface area contributed by atoms with Gasteiger partial charge in [-0.25, -0.2) is 4.79 Å². The molecule has 0 unspecified atom stereocenters. The van der Waals surface area contributed by atoms with Gasteiger partial charge < -0.3 is 10.1 Å². The zero-order chi connectivity index (χ0) is 19.2. The number of nitro groups is 1. The zero-order valence-electron chi connectivity index (χ0n) is 13.6. The molecule has 0 spiro atoms. The Labute approximate surface area is 162 Å². The number of non-ortho nitro benzene ring substituents is 1. The van der Waals surface area contributed by atoms with Crippen LogP contribution in [-0.4, -0.2) is 21.2 Å². The van der Waals surface area contributed by atoms with E-state index in [1.807, 2.05) is 0 Å². The largest absolute Gasteiger partial charge is 0.486 e. The van der Waals surface area contributed by atoms with Crippen LogP contribution in [0.15, 0.2) is 48.5 Å². The number of ether oxygens (including phenoxy) is 1. The second-order valence-electron chi connectivity index (χ2n) is 5.13. The summed E-state index contributed by atoms with van der Waals surface area (Å²) >= 11 is 6.94. The van der Waals surface area contributed by atoms with E-state index in [1.54, 1.807) is 24.3 Å². The summed E-state index contributed by atoms with van der Waals surface area (Å²) in [5.41, 5.74) is 0.569. The molecule has 0 bridgehead atoms. The van der Waals surface area contributed by atoms with Crippen LogP contribution >= 0.6 is 22.9 Å². The highest BCUT2D eigenvalue weighted by atomic mass is 35.5. The third kappa shape index (κ3) is 5.36. The number of hydrogen-bond donors (Lipinski definition) is 2. The van der Waals surface area contributed by atoms with Crippen LogP contribution in [-0.2, 0) is 6.61 Å². The molecule has 0 aliphatic heterocycles. The Morgan fingerprint density at radius 2 is 1.81 bits per heavy atom. The van der Waals surface area contributed by atoms with Crippen LogP contribution < -0.4 is 15.4 Å². The highest BCUT2D eigenvalue weighted by Gasteiger charge is 2.10. The molecule has 0 saturated heterocycles. The SMILES string of the molecule is O=C(Nc1ccc(Cl)cc1)Nc1nnc(COc2ccc([N+](=O)[O-])cc2)s1. The molecule has 0 atom stereocenters. The van der Waals surface area contributed by atoms with Crippen LogP contribution in [0.25, 0.3) is 0 Å². The molecule has 1 heterocycles. The third-order valence-corrected chi connectivity index (χ3v) is 4.26. The molecule has 2 aromatic carbocycles. The number of urea groups is 1. The molecule has 0 saturated carbocycles. The minimum absolute atomic E-state index is 0.0172. The van der Waals surface area contributed by atoms with E-state index in [2.05, 4.69) is 20.8 Å². The molecule has 1 aromatic heterocycles. The third-order valence-electron chi connectivity index (χ3n) is 3.20.